The third-order valence-corrected chi connectivity index (χ3v) is 7.78. The maximum absolute atomic E-state index is 13.4. The molecule has 0 aliphatic carbocycles. The number of fused-ring (bicyclic) bond motifs is 1. The minimum atomic E-state index is -0.302. The fraction of sp³-hybridized carbons (Fsp3) is 0.258. The Kier molecular flexibility index (Phi) is 7.38. The predicted molar refractivity (Wildman–Crippen MR) is 159 cm³/mol. The summed E-state index contributed by atoms with van der Waals surface area (Å²) >= 11 is 5.95. The molecule has 0 saturated carbocycles. The first-order valence-electron chi connectivity index (χ1n) is 13.8. The Labute approximate surface area is 247 Å². The van der Waals surface area contributed by atoms with E-state index in [1.807, 2.05) is 28.7 Å². The number of amides is 1. The van der Waals surface area contributed by atoms with Gasteiger partial charge in [-0.3, -0.25) is 19.0 Å². The van der Waals surface area contributed by atoms with Gasteiger partial charge in [0.2, 0.25) is 5.28 Å². The van der Waals surface area contributed by atoms with Crippen LogP contribution in [0.25, 0.3) is 16.8 Å². The van der Waals surface area contributed by atoms with E-state index >= 15 is 0 Å². The second kappa shape index (κ2) is 11.3. The van der Waals surface area contributed by atoms with Crippen LogP contribution in [0.5, 0.6) is 0 Å². The van der Waals surface area contributed by atoms with Gasteiger partial charge in [0.15, 0.2) is 5.78 Å². The predicted octanol–water partition coefficient (Wildman–Crippen LogP) is 5.34. The molecule has 5 aromatic rings. The van der Waals surface area contributed by atoms with Gasteiger partial charge in [-0.2, -0.15) is 0 Å². The number of rotatable bonds is 7. The summed E-state index contributed by atoms with van der Waals surface area (Å²) in [4.78, 5) is 49.9. The summed E-state index contributed by atoms with van der Waals surface area (Å²) in [5.74, 6) is 1.10. The van der Waals surface area contributed by atoms with Crippen molar-refractivity contribution in [3.63, 3.8) is 0 Å². The standard InChI is InChI=1S/C31H29ClN8O2/c1-18(2)21-9-11-34-22(16-21)17-25(41)19-5-7-20(8-6-19)26-27-28(33)35-13-15-40(27)29(38-26)24-4-3-14-39(24)30(42)23-10-12-36-31(32)37-23/h5-13,15-16,18,24H,3-4,14,17H2,1-2H3,(H2,33,35)/t24-/m0/s1. The van der Waals surface area contributed by atoms with Gasteiger partial charge < -0.3 is 10.6 Å². The highest BCUT2D eigenvalue weighted by Gasteiger charge is 2.35. The van der Waals surface area contributed by atoms with Crippen LogP contribution in [0.3, 0.4) is 0 Å². The number of imidazole rings is 1. The summed E-state index contributed by atoms with van der Waals surface area (Å²) in [6, 6.07) is 12.5. The van der Waals surface area contributed by atoms with Crippen molar-refractivity contribution in [2.75, 3.05) is 12.3 Å². The van der Waals surface area contributed by atoms with Crippen LogP contribution in [0.15, 0.2) is 67.3 Å². The average Bonchev–Trinajstić information content (AvgIpc) is 3.63. The van der Waals surface area contributed by atoms with Gasteiger partial charge in [-0.25, -0.2) is 19.9 Å². The Hall–Kier alpha value is -4.70. The number of pyridine rings is 1. The number of halogens is 1. The molecule has 0 unspecified atom stereocenters. The van der Waals surface area contributed by atoms with E-state index in [1.165, 1.54) is 6.20 Å². The Morgan fingerprint density at radius 3 is 2.57 bits per heavy atom. The molecular formula is C31H29ClN8O2. The molecule has 11 heteroatoms. The maximum Gasteiger partial charge on any atom is 0.273 e. The first-order chi connectivity index (χ1) is 20.3. The lowest BCUT2D eigenvalue weighted by Gasteiger charge is -2.23. The number of anilines is 1. The van der Waals surface area contributed by atoms with E-state index in [2.05, 4.69) is 33.8 Å². The highest BCUT2D eigenvalue weighted by Crippen LogP contribution is 2.37. The van der Waals surface area contributed by atoms with Crippen molar-refractivity contribution in [1.29, 1.82) is 0 Å². The topological polar surface area (TPSA) is 132 Å². The number of hydrogen-bond acceptors (Lipinski definition) is 8. The fourth-order valence-corrected chi connectivity index (χ4v) is 5.58. The van der Waals surface area contributed by atoms with Gasteiger partial charge in [0.25, 0.3) is 5.91 Å². The van der Waals surface area contributed by atoms with Gasteiger partial charge in [-0.05, 0) is 54.1 Å². The van der Waals surface area contributed by atoms with Crippen LogP contribution in [0.4, 0.5) is 5.82 Å². The number of hydrogen-bond donors (Lipinski definition) is 1. The SMILES string of the molecule is CC(C)c1ccnc(CC(=O)c2ccc(-c3nc([C@@H]4CCCN4C(=O)c4ccnc(Cl)n4)n4ccnc(N)c34)cc2)c1. The minimum absolute atomic E-state index is 0.0172. The zero-order valence-corrected chi connectivity index (χ0v) is 24.0. The molecule has 42 heavy (non-hydrogen) atoms. The molecule has 1 saturated heterocycles. The lowest BCUT2D eigenvalue weighted by Crippen LogP contribution is -2.32. The number of carbonyl (C=O) groups is 2. The van der Waals surface area contributed by atoms with Crippen molar-refractivity contribution in [1.82, 2.24) is 34.2 Å². The van der Waals surface area contributed by atoms with Gasteiger partial charge in [0.05, 0.1) is 12.5 Å². The molecule has 1 fully saturated rings. The van der Waals surface area contributed by atoms with Crippen LogP contribution in [0.1, 0.15) is 76.6 Å². The molecule has 0 radical (unpaired) electrons. The molecule has 1 aliphatic heterocycles. The second-order valence-electron chi connectivity index (χ2n) is 10.6. The quantitative estimate of drug-likeness (QED) is 0.201. The molecule has 212 valence electrons. The van der Waals surface area contributed by atoms with E-state index in [9.17, 15) is 9.59 Å². The maximum atomic E-state index is 13.4. The molecule has 1 aromatic carbocycles. The number of benzene rings is 1. The van der Waals surface area contributed by atoms with E-state index in [0.29, 0.717) is 40.9 Å². The van der Waals surface area contributed by atoms with Crippen molar-refractivity contribution in [3.8, 4) is 11.3 Å². The third kappa shape index (κ3) is 5.21. The molecule has 5 heterocycles. The molecule has 1 atom stereocenters. The average molecular weight is 581 g/mol. The molecule has 0 bridgehead atoms. The van der Waals surface area contributed by atoms with Gasteiger partial charge in [-0.15, -0.1) is 0 Å². The number of nitrogens with zero attached hydrogens (tertiary/aromatic N) is 7. The molecular weight excluding hydrogens is 552 g/mol. The lowest BCUT2D eigenvalue weighted by atomic mass is 10.00. The van der Waals surface area contributed by atoms with Crippen molar-refractivity contribution < 1.29 is 9.59 Å². The Bertz CT molecular complexity index is 1800. The van der Waals surface area contributed by atoms with Gasteiger partial charge in [0, 0.05) is 48.2 Å². The van der Waals surface area contributed by atoms with Crippen LogP contribution in [0.2, 0.25) is 5.28 Å². The van der Waals surface area contributed by atoms with Crippen molar-refractivity contribution in [2.45, 2.75) is 45.1 Å². The third-order valence-electron chi connectivity index (χ3n) is 7.60. The Balaban J connectivity index is 1.31. The molecule has 1 aliphatic rings. The normalized spacial score (nSPS) is 15.0. The molecule has 0 spiro atoms. The van der Waals surface area contributed by atoms with Gasteiger partial charge >= 0.3 is 0 Å². The Morgan fingerprint density at radius 1 is 1.02 bits per heavy atom. The summed E-state index contributed by atoms with van der Waals surface area (Å²) in [6.45, 7) is 4.79. The summed E-state index contributed by atoms with van der Waals surface area (Å²) in [6.07, 6.45) is 8.40. The summed E-state index contributed by atoms with van der Waals surface area (Å²) in [5.41, 5.74) is 11.1. The molecule has 10 nitrogen and oxygen atoms in total. The second-order valence-corrected chi connectivity index (χ2v) is 11.0. The van der Waals surface area contributed by atoms with E-state index in [4.69, 9.17) is 22.3 Å². The monoisotopic (exact) mass is 580 g/mol. The van der Waals surface area contributed by atoms with E-state index in [1.54, 1.807) is 41.7 Å². The summed E-state index contributed by atoms with van der Waals surface area (Å²) in [5, 5.41) is 0.0197. The minimum Gasteiger partial charge on any atom is -0.382 e. The molecule has 1 amide bonds. The van der Waals surface area contributed by atoms with Gasteiger partial charge in [0.1, 0.15) is 28.5 Å². The highest BCUT2D eigenvalue weighted by atomic mass is 35.5. The smallest absolute Gasteiger partial charge is 0.273 e. The number of ketones is 1. The van der Waals surface area contributed by atoms with Crippen molar-refractivity contribution in [3.05, 3.63) is 101 Å². The van der Waals surface area contributed by atoms with Crippen LogP contribution < -0.4 is 5.73 Å². The number of nitrogen functional groups attached to an aromatic ring is 1. The summed E-state index contributed by atoms with van der Waals surface area (Å²) in [7, 11) is 0. The molecule has 4 aromatic heterocycles. The number of likely N-dealkylation sites (tertiary alicyclic amines) is 1. The zero-order valence-electron chi connectivity index (χ0n) is 23.2. The van der Waals surface area contributed by atoms with Crippen LogP contribution >= 0.6 is 11.6 Å². The fourth-order valence-electron chi connectivity index (χ4n) is 5.44. The largest absolute Gasteiger partial charge is 0.382 e. The van der Waals surface area contributed by atoms with Crippen LogP contribution in [0, 0.1) is 0 Å². The van der Waals surface area contributed by atoms with Crippen LogP contribution in [-0.4, -0.2) is 52.5 Å². The number of carbonyl (C=O) groups excluding carboxylic acids is 2. The van der Waals surface area contributed by atoms with Crippen molar-refractivity contribution in [2.24, 2.45) is 0 Å². The highest BCUT2D eigenvalue weighted by molar-refractivity contribution is 6.28. The van der Waals surface area contributed by atoms with Crippen LogP contribution in [-0.2, 0) is 6.42 Å². The van der Waals surface area contributed by atoms with Crippen molar-refractivity contribution >= 4 is 34.6 Å². The number of Topliss-reactive ketones (excluding diaryl/α,β-unsaturated/α-hetero) is 1. The van der Waals surface area contributed by atoms with Gasteiger partial charge in [-0.1, -0.05) is 38.1 Å². The first-order valence-corrected chi connectivity index (χ1v) is 14.2. The molecule has 2 N–H and O–H groups in total. The summed E-state index contributed by atoms with van der Waals surface area (Å²) < 4.78 is 1.90. The van der Waals surface area contributed by atoms with E-state index < -0.39 is 0 Å². The van der Waals surface area contributed by atoms with E-state index in [0.717, 1.165) is 29.7 Å². The Morgan fingerprint density at radius 2 is 1.81 bits per heavy atom. The number of aromatic nitrogens is 6. The molecule has 6 rings (SSSR count). The lowest BCUT2D eigenvalue weighted by molar-refractivity contribution is 0.0723. The first kappa shape index (κ1) is 27.5. The zero-order chi connectivity index (χ0) is 29.4. The van der Waals surface area contributed by atoms with E-state index in [-0.39, 0.29) is 35.1 Å². The number of nitrogens with two attached hydrogens (primary N) is 1.